The average molecular weight is 331 g/mol. The van der Waals surface area contributed by atoms with E-state index >= 15 is 0 Å². The maximum atomic E-state index is 12.1. The Balaban J connectivity index is 1.64. The van der Waals surface area contributed by atoms with Crippen LogP contribution < -0.4 is 5.32 Å². The van der Waals surface area contributed by atoms with E-state index in [2.05, 4.69) is 20.5 Å². The Morgan fingerprint density at radius 2 is 2.17 bits per heavy atom. The van der Waals surface area contributed by atoms with Gasteiger partial charge in [0, 0.05) is 14.0 Å². The molecule has 7 nitrogen and oxygen atoms in total. The molecule has 0 fully saturated rings. The van der Waals surface area contributed by atoms with E-state index in [0.29, 0.717) is 11.1 Å². The van der Waals surface area contributed by atoms with E-state index in [-0.39, 0.29) is 17.7 Å². The van der Waals surface area contributed by atoms with Crippen LogP contribution in [-0.2, 0) is 11.8 Å². The molecule has 0 aliphatic rings. The summed E-state index contributed by atoms with van der Waals surface area (Å²) in [6.07, 6.45) is 0. The van der Waals surface area contributed by atoms with Crippen molar-refractivity contribution in [1.82, 2.24) is 25.1 Å². The van der Waals surface area contributed by atoms with Crippen LogP contribution in [0.4, 0.5) is 0 Å². The molecule has 3 rings (SSSR count). The molecular formula is C15H17N5O2S. The van der Waals surface area contributed by atoms with E-state index < -0.39 is 0 Å². The fraction of sp³-hybridized carbons (Fsp3) is 0.333. The molecule has 1 N–H and O–H groups in total. The number of thioether (sulfide) groups is 1. The van der Waals surface area contributed by atoms with Gasteiger partial charge in [0.2, 0.25) is 11.8 Å². The summed E-state index contributed by atoms with van der Waals surface area (Å²) in [5.41, 5.74) is 1.96. The highest BCUT2D eigenvalue weighted by Gasteiger charge is 2.17. The smallest absolute Gasteiger partial charge is 0.277 e. The molecule has 0 aliphatic carbocycles. The maximum absolute atomic E-state index is 12.1. The van der Waals surface area contributed by atoms with Crippen molar-refractivity contribution < 1.29 is 9.21 Å². The molecular weight excluding hydrogens is 314 g/mol. The molecule has 1 atom stereocenters. The van der Waals surface area contributed by atoms with Crippen LogP contribution in [-0.4, -0.2) is 31.4 Å². The summed E-state index contributed by atoms with van der Waals surface area (Å²) in [7, 11) is 1.95. The van der Waals surface area contributed by atoms with Crippen LogP contribution in [0.5, 0.6) is 0 Å². The van der Waals surface area contributed by atoms with Crippen molar-refractivity contribution >= 4 is 28.7 Å². The number of imidazole rings is 1. The summed E-state index contributed by atoms with van der Waals surface area (Å²) in [5.74, 6) is 1.42. The van der Waals surface area contributed by atoms with Gasteiger partial charge in [-0.15, -0.1) is 10.2 Å². The molecule has 0 spiro atoms. The van der Waals surface area contributed by atoms with E-state index in [1.165, 1.54) is 11.8 Å². The number of nitrogens with zero attached hydrogens (tertiary/aromatic N) is 4. The summed E-state index contributed by atoms with van der Waals surface area (Å²) >= 11 is 1.22. The van der Waals surface area contributed by atoms with E-state index in [4.69, 9.17) is 4.42 Å². The second-order valence-corrected chi connectivity index (χ2v) is 6.11. The molecule has 0 aliphatic heterocycles. The highest BCUT2D eigenvalue weighted by atomic mass is 32.2. The first-order valence-electron chi connectivity index (χ1n) is 7.18. The number of amides is 1. The number of nitrogens with one attached hydrogen (secondary N) is 1. The lowest BCUT2D eigenvalue weighted by Gasteiger charge is -2.13. The molecule has 23 heavy (non-hydrogen) atoms. The van der Waals surface area contributed by atoms with E-state index in [9.17, 15) is 4.79 Å². The summed E-state index contributed by atoms with van der Waals surface area (Å²) in [4.78, 5) is 16.7. The second kappa shape index (κ2) is 6.41. The quantitative estimate of drug-likeness (QED) is 0.722. The van der Waals surface area contributed by atoms with Crippen LogP contribution in [0.3, 0.4) is 0 Å². The van der Waals surface area contributed by atoms with Crippen LogP contribution >= 0.6 is 11.8 Å². The Labute approximate surface area is 137 Å². The Hall–Kier alpha value is -2.35. The van der Waals surface area contributed by atoms with Gasteiger partial charge in [-0.05, 0) is 19.1 Å². The van der Waals surface area contributed by atoms with Crippen molar-refractivity contribution in [3.05, 3.63) is 36.0 Å². The van der Waals surface area contributed by atoms with Crippen LogP contribution in [0.15, 0.2) is 33.9 Å². The van der Waals surface area contributed by atoms with Crippen molar-refractivity contribution in [2.24, 2.45) is 7.05 Å². The zero-order valence-corrected chi connectivity index (χ0v) is 13.9. The molecule has 0 bridgehead atoms. The van der Waals surface area contributed by atoms with Gasteiger partial charge in [-0.1, -0.05) is 23.9 Å². The molecule has 0 unspecified atom stereocenters. The fourth-order valence-electron chi connectivity index (χ4n) is 2.36. The third kappa shape index (κ3) is 3.37. The minimum absolute atomic E-state index is 0.106. The highest BCUT2D eigenvalue weighted by molar-refractivity contribution is 7.99. The number of hydrogen-bond donors (Lipinski definition) is 1. The van der Waals surface area contributed by atoms with Crippen LogP contribution in [0, 0.1) is 6.92 Å². The van der Waals surface area contributed by atoms with Gasteiger partial charge in [0.05, 0.1) is 22.8 Å². The molecule has 8 heteroatoms. The normalized spacial score (nSPS) is 12.5. The van der Waals surface area contributed by atoms with Crippen molar-refractivity contribution in [2.75, 3.05) is 5.75 Å². The average Bonchev–Trinajstić information content (AvgIpc) is 3.09. The summed E-state index contributed by atoms with van der Waals surface area (Å²) in [5, 5.41) is 10.9. The number of rotatable bonds is 5. The van der Waals surface area contributed by atoms with Crippen molar-refractivity contribution in [3.8, 4) is 0 Å². The zero-order chi connectivity index (χ0) is 16.4. The molecule has 2 heterocycles. The van der Waals surface area contributed by atoms with Gasteiger partial charge in [0.1, 0.15) is 5.82 Å². The Morgan fingerprint density at radius 1 is 1.39 bits per heavy atom. The lowest BCUT2D eigenvalue weighted by atomic mass is 10.3. The number of hydrogen-bond acceptors (Lipinski definition) is 6. The van der Waals surface area contributed by atoms with Crippen molar-refractivity contribution in [2.45, 2.75) is 25.1 Å². The fourth-order valence-corrected chi connectivity index (χ4v) is 2.98. The SMILES string of the molecule is Cc1nnc(SCC(=O)N[C@@H](C)c2nc3ccccc3n2C)o1. The third-order valence-corrected chi connectivity index (χ3v) is 4.24. The first kappa shape index (κ1) is 15.5. The topological polar surface area (TPSA) is 85.8 Å². The van der Waals surface area contributed by atoms with Crippen molar-refractivity contribution in [3.63, 3.8) is 0 Å². The zero-order valence-electron chi connectivity index (χ0n) is 13.1. The van der Waals surface area contributed by atoms with E-state index in [1.54, 1.807) is 6.92 Å². The van der Waals surface area contributed by atoms with Gasteiger partial charge in [-0.25, -0.2) is 4.98 Å². The molecule has 0 saturated heterocycles. The van der Waals surface area contributed by atoms with Crippen molar-refractivity contribution in [1.29, 1.82) is 0 Å². The third-order valence-electron chi connectivity index (χ3n) is 3.42. The minimum Gasteiger partial charge on any atom is -0.416 e. The molecule has 1 amide bonds. The van der Waals surface area contributed by atoms with Crippen LogP contribution in [0.25, 0.3) is 11.0 Å². The summed E-state index contributed by atoms with van der Waals surface area (Å²) in [6.45, 7) is 3.63. The molecule has 0 radical (unpaired) electrons. The summed E-state index contributed by atoms with van der Waals surface area (Å²) in [6, 6.07) is 7.70. The maximum Gasteiger partial charge on any atom is 0.277 e. The van der Waals surface area contributed by atoms with Gasteiger partial charge >= 0.3 is 0 Å². The van der Waals surface area contributed by atoms with Gasteiger partial charge in [0.15, 0.2) is 0 Å². The van der Waals surface area contributed by atoms with Crippen LogP contribution in [0.1, 0.15) is 24.7 Å². The molecule has 2 aromatic heterocycles. The Kier molecular flexibility index (Phi) is 4.33. The molecule has 120 valence electrons. The van der Waals surface area contributed by atoms with Gasteiger partial charge in [0.25, 0.3) is 5.22 Å². The van der Waals surface area contributed by atoms with Crippen LogP contribution in [0.2, 0.25) is 0 Å². The highest BCUT2D eigenvalue weighted by Crippen LogP contribution is 2.20. The predicted molar refractivity (Wildman–Crippen MR) is 87.0 cm³/mol. The first-order valence-corrected chi connectivity index (χ1v) is 8.17. The number of fused-ring (bicyclic) bond motifs is 1. The van der Waals surface area contributed by atoms with E-state index in [1.807, 2.05) is 42.8 Å². The molecule has 3 aromatic rings. The number of aromatic nitrogens is 4. The monoisotopic (exact) mass is 331 g/mol. The second-order valence-electron chi connectivity index (χ2n) is 5.18. The lowest BCUT2D eigenvalue weighted by molar-refractivity contribution is -0.119. The predicted octanol–water partition coefficient (Wildman–Crippen LogP) is 2.23. The lowest BCUT2D eigenvalue weighted by Crippen LogP contribution is -2.29. The van der Waals surface area contributed by atoms with E-state index in [0.717, 1.165) is 16.9 Å². The molecule has 0 saturated carbocycles. The Bertz CT molecular complexity index is 841. The minimum atomic E-state index is -0.190. The summed E-state index contributed by atoms with van der Waals surface area (Å²) < 4.78 is 7.22. The van der Waals surface area contributed by atoms with Gasteiger partial charge in [-0.3, -0.25) is 4.79 Å². The number of benzene rings is 1. The largest absolute Gasteiger partial charge is 0.416 e. The molecule has 1 aromatic carbocycles. The Morgan fingerprint density at radius 3 is 2.87 bits per heavy atom. The number of aryl methyl sites for hydroxylation is 2. The number of carbonyl (C=O) groups is 1. The number of carbonyl (C=O) groups excluding carboxylic acids is 1. The number of para-hydroxylation sites is 2. The standard InChI is InChI=1S/C15H17N5O2S/c1-9(14-17-11-6-4-5-7-12(11)20(14)3)16-13(21)8-23-15-19-18-10(2)22-15/h4-7,9H,8H2,1-3H3,(H,16,21)/t9-/m0/s1. The van der Waals surface area contributed by atoms with Gasteiger partial charge < -0.3 is 14.3 Å². The van der Waals surface area contributed by atoms with Gasteiger partial charge in [-0.2, -0.15) is 0 Å². The first-order chi connectivity index (χ1) is 11.0.